The number of pyridine rings is 1. The maximum Gasteiger partial charge on any atom is 0.434 e. The molecule has 0 unspecified atom stereocenters. The number of carbonyl (C=O) groups is 1. The molecule has 8 nitrogen and oxygen atoms in total. The molecule has 0 saturated carbocycles. The molecule has 3 heterocycles. The Balaban J connectivity index is 1.74. The first-order valence-corrected chi connectivity index (χ1v) is 10.8. The number of hydrogen-bond acceptors (Lipinski definition) is 7. The summed E-state index contributed by atoms with van der Waals surface area (Å²) in [6, 6.07) is 8.01. The summed E-state index contributed by atoms with van der Waals surface area (Å²) in [5.41, 5.74) is 6.79. The van der Waals surface area contributed by atoms with Crippen LogP contribution in [-0.4, -0.2) is 35.7 Å². The maximum absolute atomic E-state index is 13.7. The lowest BCUT2D eigenvalue weighted by Gasteiger charge is -2.30. The molecule has 1 atom stereocenters. The highest BCUT2D eigenvalue weighted by molar-refractivity contribution is 5.98. The van der Waals surface area contributed by atoms with Crippen LogP contribution in [0.5, 0.6) is 0 Å². The van der Waals surface area contributed by atoms with E-state index in [2.05, 4.69) is 24.9 Å². The standard InChI is InChI=1S/C24H22F3N7O/c1-3-19(22-29-7-4-8-30-22)34(13-17-11-32-20(12-31-17)24(25,26)27)23(35)15-5-6-18-16(10-15)9-14(2)21(28)33-18/h4-12,19H,3,13H2,1-2H3,(H2,28,33)/t19-/m1/s1. The van der Waals surface area contributed by atoms with E-state index in [1.807, 2.05) is 19.9 Å². The van der Waals surface area contributed by atoms with Crippen molar-refractivity contribution in [3.05, 3.63) is 83.5 Å². The van der Waals surface area contributed by atoms with E-state index in [4.69, 9.17) is 5.73 Å². The molecule has 1 aromatic carbocycles. The minimum absolute atomic E-state index is 0.0855. The van der Waals surface area contributed by atoms with Gasteiger partial charge in [0.15, 0.2) is 11.5 Å². The first-order valence-electron chi connectivity index (χ1n) is 10.8. The van der Waals surface area contributed by atoms with Gasteiger partial charge in [0, 0.05) is 23.3 Å². The van der Waals surface area contributed by atoms with Crippen molar-refractivity contribution in [3.8, 4) is 0 Å². The van der Waals surface area contributed by atoms with Crippen LogP contribution in [-0.2, 0) is 12.7 Å². The molecule has 0 bridgehead atoms. The SMILES string of the molecule is CC[C@H](c1ncccn1)N(Cc1cnc(C(F)(F)F)cn1)C(=O)c1ccc2nc(N)c(C)cc2c1. The molecule has 0 saturated heterocycles. The monoisotopic (exact) mass is 481 g/mol. The van der Waals surface area contributed by atoms with Crippen LogP contribution in [0.15, 0.2) is 55.1 Å². The smallest absolute Gasteiger partial charge is 0.383 e. The first-order chi connectivity index (χ1) is 16.7. The van der Waals surface area contributed by atoms with Gasteiger partial charge in [0.2, 0.25) is 0 Å². The average Bonchev–Trinajstić information content (AvgIpc) is 2.84. The van der Waals surface area contributed by atoms with Gasteiger partial charge < -0.3 is 10.6 Å². The number of nitrogens with zero attached hydrogens (tertiary/aromatic N) is 6. The van der Waals surface area contributed by atoms with Crippen LogP contribution < -0.4 is 5.73 Å². The number of nitrogen functional groups attached to an aromatic ring is 1. The molecule has 4 rings (SSSR count). The molecule has 0 spiro atoms. The molecule has 2 N–H and O–H groups in total. The zero-order valence-corrected chi connectivity index (χ0v) is 19.0. The Morgan fingerprint density at radius 2 is 1.83 bits per heavy atom. The van der Waals surface area contributed by atoms with Crippen LogP contribution in [0, 0.1) is 6.92 Å². The van der Waals surface area contributed by atoms with E-state index in [-0.39, 0.29) is 18.1 Å². The second-order valence-electron chi connectivity index (χ2n) is 7.95. The van der Waals surface area contributed by atoms with Gasteiger partial charge in [-0.3, -0.25) is 9.78 Å². The molecule has 0 aliphatic carbocycles. The maximum atomic E-state index is 13.7. The van der Waals surface area contributed by atoms with Crippen molar-refractivity contribution >= 4 is 22.6 Å². The summed E-state index contributed by atoms with van der Waals surface area (Å²) in [7, 11) is 0. The number of amides is 1. The van der Waals surface area contributed by atoms with E-state index in [0.717, 1.165) is 17.1 Å². The number of aryl methyl sites for hydroxylation is 1. The predicted octanol–water partition coefficient (Wildman–Crippen LogP) is 4.52. The second-order valence-corrected chi connectivity index (χ2v) is 7.95. The minimum atomic E-state index is -4.61. The van der Waals surface area contributed by atoms with Crippen LogP contribution in [0.1, 0.15) is 52.5 Å². The number of nitrogens with two attached hydrogens (primary N) is 1. The number of halogens is 3. The van der Waals surface area contributed by atoms with Crippen molar-refractivity contribution < 1.29 is 18.0 Å². The summed E-state index contributed by atoms with van der Waals surface area (Å²) in [5.74, 6) is 0.461. The van der Waals surface area contributed by atoms with E-state index in [1.54, 1.807) is 36.7 Å². The highest BCUT2D eigenvalue weighted by atomic mass is 19.4. The van der Waals surface area contributed by atoms with E-state index in [1.165, 1.54) is 4.90 Å². The summed E-state index contributed by atoms with van der Waals surface area (Å²) < 4.78 is 38.8. The molecule has 11 heteroatoms. The Morgan fingerprint density at radius 1 is 1.09 bits per heavy atom. The van der Waals surface area contributed by atoms with Crippen molar-refractivity contribution in [3.63, 3.8) is 0 Å². The third-order valence-electron chi connectivity index (χ3n) is 5.53. The number of carbonyl (C=O) groups excluding carboxylic acids is 1. The molecule has 0 fully saturated rings. The number of aromatic nitrogens is 5. The van der Waals surface area contributed by atoms with Crippen LogP contribution in [0.4, 0.5) is 19.0 Å². The Morgan fingerprint density at radius 3 is 2.46 bits per heavy atom. The van der Waals surface area contributed by atoms with E-state index < -0.39 is 17.9 Å². The van der Waals surface area contributed by atoms with E-state index in [9.17, 15) is 18.0 Å². The van der Waals surface area contributed by atoms with Gasteiger partial charge in [-0.1, -0.05) is 6.92 Å². The van der Waals surface area contributed by atoms with E-state index >= 15 is 0 Å². The van der Waals surface area contributed by atoms with Crippen molar-refractivity contribution in [1.82, 2.24) is 29.8 Å². The quantitative estimate of drug-likeness (QED) is 0.431. The van der Waals surface area contributed by atoms with Gasteiger partial charge in [0.1, 0.15) is 5.82 Å². The number of anilines is 1. The predicted molar refractivity (Wildman–Crippen MR) is 123 cm³/mol. The van der Waals surface area contributed by atoms with Gasteiger partial charge in [0.05, 0.1) is 36.2 Å². The molecular formula is C24H22F3N7O. The van der Waals surface area contributed by atoms with Crippen LogP contribution in [0.2, 0.25) is 0 Å². The largest absolute Gasteiger partial charge is 0.434 e. The number of rotatable bonds is 6. The Labute approximate surface area is 199 Å². The van der Waals surface area contributed by atoms with Crippen molar-refractivity contribution in [2.24, 2.45) is 0 Å². The number of alkyl halides is 3. The van der Waals surface area contributed by atoms with Crippen molar-refractivity contribution in [2.75, 3.05) is 5.73 Å². The lowest BCUT2D eigenvalue weighted by atomic mass is 10.1. The van der Waals surface area contributed by atoms with Crippen LogP contribution in [0.25, 0.3) is 10.9 Å². The van der Waals surface area contributed by atoms with Gasteiger partial charge in [-0.15, -0.1) is 0 Å². The highest BCUT2D eigenvalue weighted by Gasteiger charge is 2.33. The van der Waals surface area contributed by atoms with Gasteiger partial charge in [-0.05, 0) is 49.2 Å². The summed E-state index contributed by atoms with van der Waals surface area (Å²) in [6.45, 7) is 3.61. The lowest BCUT2D eigenvalue weighted by molar-refractivity contribution is -0.141. The van der Waals surface area contributed by atoms with Gasteiger partial charge in [0.25, 0.3) is 5.91 Å². The molecule has 180 valence electrons. The first kappa shape index (κ1) is 24.0. The van der Waals surface area contributed by atoms with E-state index in [0.29, 0.717) is 35.3 Å². The Kier molecular flexibility index (Phi) is 6.59. The molecule has 0 radical (unpaired) electrons. The third-order valence-corrected chi connectivity index (χ3v) is 5.53. The molecular weight excluding hydrogens is 459 g/mol. The number of hydrogen-bond donors (Lipinski definition) is 1. The number of benzene rings is 1. The fraction of sp³-hybridized carbons (Fsp3) is 0.250. The molecule has 3 aromatic heterocycles. The zero-order chi connectivity index (χ0) is 25.2. The summed E-state index contributed by atoms with van der Waals surface area (Å²) in [5, 5.41) is 0.737. The fourth-order valence-corrected chi connectivity index (χ4v) is 3.70. The van der Waals surface area contributed by atoms with Crippen LogP contribution >= 0.6 is 0 Å². The topological polar surface area (TPSA) is 111 Å². The number of fused-ring (bicyclic) bond motifs is 1. The Bertz CT molecular complexity index is 1350. The third kappa shape index (κ3) is 5.18. The summed E-state index contributed by atoms with van der Waals surface area (Å²) in [6.07, 6.45) is 0.686. The summed E-state index contributed by atoms with van der Waals surface area (Å²) in [4.78, 5) is 35.5. The molecule has 1 amide bonds. The van der Waals surface area contributed by atoms with Crippen LogP contribution in [0.3, 0.4) is 0 Å². The second kappa shape index (κ2) is 9.61. The summed E-state index contributed by atoms with van der Waals surface area (Å²) >= 11 is 0. The Hall–Kier alpha value is -4.15. The fourth-order valence-electron chi connectivity index (χ4n) is 3.70. The average molecular weight is 481 g/mol. The minimum Gasteiger partial charge on any atom is -0.383 e. The molecule has 0 aliphatic rings. The highest BCUT2D eigenvalue weighted by Crippen LogP contribution is 2.29. The van der Waals surface area contributed by atoms with Gasteiger partial charge in [-0.2, -0.15) is 13.2 Å². The molecule has 4 aromatic rings. The van der Waals surface area contributed by atoms with Gasteiger partial charge >= 0.3 is 6.18 Å². The molecule has 35 heavy (non-hydrogen) atoms. The van der Waals surface area contributed by atoms with Gasteiger partial charge in [-0.25, -0.2) is 19.9 Å². The van der Waals surface area contributed by atoms with Crippen molar-refractivity contribution in [1.29, 1.82) is 0 Å². The zero-order valence-electron chi connectivity index (χ0n) is 19.0. The molecule has 0 aliphatic heterocycles. The van der Waals surface area contributed by atoms with Crippen molar-refractivity contribution in [2.45, 2.75) is 39.0 Å². The lowest BCUT2D eigenvalue weighted by Crippen LogP contribution is -2.35. The normalized spacial score (nSPS) is 12.5.